The SMILES string of the molecule is CCN(C(=O)C(CS(=O)(=O)CCC(F)(F)F)=NCOCc1nccs1)c1cn(-c2cccnc2)nc1Cl. The molecule has 0 aliphatic rings. The second-order valence-electron chi connectivity index (χ2n) is 7.48. The standard InChI is InChI=1S/C21H22ClF3N6O4S2/c1-2-30(17-11-31(29-19(17)22)15-4-3-6-26-10-15)20(32)16(13-37(33,34)9-5-21(23,24)25)28-14-35-12-18-27-7-8-36-18/h3-4,6-8,10-11H,2,5,9,12-14H2,1H3. The molecule has 200 valence electrons. The second kappa shape index (κ2) is 12.6. The zero-order valence-corrected chi connectivity index (χ0v) is 21.8. The van der Waals surface area contributed by atoms with E-state index in [0.29, 0.717) is 10.7 Å². The van der Waals surface area contributed by atoms with Gasteiger partial charge in [0.2, 0.25) is 0 Å². The maximum absolute atomic E-state index is 13.4. The highest BCUT2D eigenvalue weighted by Crippen LogP contribution is 2.26. The molecule has 0 radical (unpaired) electrons. The lowest BCUT2D eigenvalue weighted by atomic mass is 10.3. The fourth-order valence-corrected chi connectivity index (χ4v) is 5.14. The molecule has 0 saturated heterocycles. The molecule has 0 aliphatic carbocycles. The Labute approximate surface area is 219 Å². The zero-order chi connectivity index (χ0) is 27.1. The lowest BCUT2D eigenvalue weighted by molar-refractivity contribution is -0.129. The lowest BCUT2D eigenvalue weighted by Crippen LogP contribution is -2.40. The Hall–Kier alpha value is -2.88. The molecule has 0 spiro atoms. The first-order valence-electron chi connectivity index (χ1n) is 10.7. The summed E-state index contributed by atoms with van der Waals surface area (Å²) in [6.07, 6.45) is -0.104. The Bertz CT molecular complexity index is 1320. The number of aromatic nitrogens is 4. The van der Waals surface area contributed by atoms with Crippen LogP contribution in [-0.2, 0) is 26.0 Å². The van der Waals surface area contributed by atoms with E-state index in [4.69, 9.17) is 16.3 Å². The molecule has 3 heterocycles. The van der Waals surface area contributed by atoms with E-state index >= 15 is 0 Å². The summed E-state index contributed by atoms with van der Waals surface area (Å²) in [5.41, 5.74) is 0.217. The predicted octanol–water partition coefficient (Wildman–Crippen LogP) is 3.71. The van der Waals surface area contributed by atoms with Gasteiger partial charge in [-0.25, -0.2) is 18.1 Å². The molecule has 0 aliphatic heterocycles. The summed E-state index contributed by atoms with van der Waals surface area (Å²) in [6, 6.07) is 3.38. The highest BCUT2D eigenvalue weighted by Gasteiger charge is 2.32. The molecular formula is C21H22ClF3N6O4S2. The summed E-state index contributed by atoms with van der Waals surface area (Å²) in [5.74, 6) is -3.05. The third kappa shape index (κ3) is 8.59. The number of alkyl halides is 3. The summed E-state index contributed by atoms with van der Waals surface area (Å²) in [5, 5.41) is 6.47. The highest BCUT2D eigenvalue weighted by molar-refractivity contribution is 7.92. The number of ether oxygens (including phenoxy) is 1. The van der Waals surface area contributed by atoms with Gasteiger partial charge in [0, 0.05) is 24.3 Å². The molecular weight excluding hydrogens is 557 g/mol. The van der Waals surface area contributed by atoms with Gasteiger partial charge in [-0.15, -0.1) is 11.3 Å². The first-order valence-corrected chi connectivity index (χ1v) is 13.8. The minimum Gasteiger partial charge on any atom is -0.352 e. The quantitative estimate of drug-likeness (QED) is 0.237. The van der Waals surface area contributed by atoms with Crippen molar-refractivity contribution in [2.45, 2.75) is 26.1 Å². The minimum atomic E-state index is -4.67. The Morgan fingerprint density at radius 1 is 1.32 bits per heavy atom. The normalized spacial score (nSPS) is 12.6. The number of nitrogens with zero attached hydrogens (tertiary/aromatic N) is 6. The number of halogens is 4. The van der Waals surface area contributed by atoms with Gasteiger partial charge >= 0.3 is 6.18 Å². The molecule has 3 aromatic heterocycles. The van der Waals surface area contributed by atoms with Crippen molar-refractivity contribution >= 4 is 50.1 Å². The number of anilines is 1. The van der Waals surface area contributed by atoms with Gasteiger partial charge < -0.3 is 9.64 Å². The summed E-state index contributed by atoms with van der Waals surface area (Å²) in [7, 11) is -4.34. The summed E-state index contributed by atoms with van der Waals surface area (Å²) in [4.78, 5) is 26.6. The molecule has 3 rings (SSSR count). The van der Waals surface area contributed by atoms with Gasteiger partial charge in [0.25, 0.3) is 5.91 Å². The molecule has 0 bridgehead atoms. The van der Waals surface area contributed by atoms with Crippen molar-refractivity contribution in [3.63, 3.8) is 0 Å². The fourth-order valence-electron chi connectivity index (χ4n) is 3.03. The Morgan fingerprint density at radius 3 is 2.73 bits per heavy atom. The van der Waals surface area contributed by atoms with E-state index in [1.807, 2.05) is 0 Å². The maximum Gasteiger partial charge on any atom is 0.390 e. The number of rotatable bonds is 12. The molecule has 10 nitrogen and oxygen atoms in total. The molecule has 0 saturated carbocycles. The minimum absolute atomic E-state index is 0.0406. The van der Waals surface area contributed by atoms with Gasteiger partial charge in [0.15, 0.2) is 15.0 Å². The molecule has 0 fully saturated rings. The van der Waals surface area contributed by atoms with E-state index in [2.05, 4.69) is 20.1 Å². The first kappa shape index (κ1) is 28.7. The van der Waals surface area contributed by atoms with Crippen LogP contribution in [0, 0.1) is 0 Å². The third-order valence-electron chi connectivity index (χ3n) is 4.77. The van der Waals surface area contributed by atoms with E-state index in [1.54, 1.807) is 36.8 Å². The van der Waals surface area contributed by atoms with E-state index < -0.39 is 52.3 Å². The highest BCUT2D eigenvalue weighted by atomic mass is 35.5. The van der Waals surface area contributed by atoms with Crippen LogP contribution in [0.15, 0.2) is 47.3 Å². The van der Waals surface area contributed by atoms with Crippen LogP contribution in [0.2, 0.25) is 5.15 Å². The molecule has 0 aromatic carbocycles. The van der Waals surface area contributed by atoms with Crippen LogP contribution in [0.1, 0.15) is 18.4 Å². The van der Waals surface area contributed by atoms with Gasteiger partial charge in [-0.1, -0.05) is 11.6 Å². The van der Waals surface area contributed by atoms with Gasteiger partial charge in [-0.2, -0.15) is 18.3 Å². The largest absolute Gasteiger partial charge is 0.390 e. The molecule has 0 unspecified atom stereocenters. The monoisotopic (exact) mass is 578 g/mol. The van der Waals surface area contributed by atoms with Crippen LogP contribution in [0.4, 0.5) is 18.9 Å². The number of carbonyl (C=O) groups excluding carboxylic acids is 1. The first-order chi connectivity index (χ1) is 17.5. The van der Waals surface area contributed by atoms with E-state index in [0.717, 1.165) is 4.90 Å². The van der Waals surface area contributed by atoms with Gasteiger partial charge in [0.1, 0.15) is 29.7 Å². The average molecular weight is 579 g/mol. The summed E-state index contributed by atoms with van der Waals surface area (Å²) < 4.78 is 69.6. The van der Waals surface area contributed by atoms with Crippen molar-refractivity contribution in [1.82, 2.24) is 19.7 Å². The molecule has 1 amide bonds. The molecule has 16 heteroatoms. The lowest BCUT2D eigenvalue weighted by Gasteiger charge is -2.20. The van der Waals surface area contributed by atoms with Crippen molar-refractivity contribution in [2.75, 3.05) is 29.7 Å². The molecule has 37 heavy (non-hydrogen) atoms. The van der Waals surface area contributed by atoms with Crippen molar-refractivity contribution < 1.29 is 31.1 Å². The van der Waals surface area contributed by atoms with Crippen LogP contribution in [-0.4, -0.2) is 70.7 Å². The number of aliphatic imine (C=N–C) groups is 1. The Balaban J connectivity index is 1.85. The van der Waals surface area contributed by atoms with Crippen LogP contribution < -0.4 is 4.90 Å². The number of carbonyl (C=O) groups is 1. The van der Waals surface area contributed by atoms with Crippen molar-refractivity contribution in [3.05, 3.63) is 52.5 Å². The number of pyridine rings is 1. The molecule has 0 N–H and O–H groups in total. The smallest absolute Gasteiger partial charge is 0.352 e. The van der Waals surface area contributed by atoms with E-state index in [-0.39, 0.29) is 24.0 Å². The molecule has 0 atom stereocenters. The van der Waals surface area contributed by atoms with Crippen LogP contribution >= 0.6 is 22.9 Å². The average Bonchev–Trinajstić information content (AvgIpc) is 3.50. The zero-order valence-electron chi connectivity index (χ0n) is 19.4. The number of amides is 1. The molecule has 3 aromatic rings. The number of hydrogen-bond donors (Lipinski definition) is 0. The fraction of sp³-hybridized carbons (Fsp3) is 0.381. The van der Waals surface area contributed by atoms with Gasteiger partial charge in [-0.05, 0) is 19.1 Å². The second-order valence-corrected chi connectivity index (χ2v) is 11.0. The van der Waals surface area contributed by atoms with Gasteiger partial charge in [-0.3, -0.25) is 14.8 Å². The van der Waals surface area contributed by atoms with E-state index in [1.165, 1.54) is 28.4 Å². The Morgan fingerprint density at radius 2 is 2.11 bits per heavy atom. The topological polar surface area (TPSA) is 120 Å². The maximum atomic E-state index is 13.4. The van der Waals surface area contributed by atoms with Crippen molar-refractivity contribution in [1.29, 1.82) is 0 Å². The van der Waals surface area contributed by atoms with Crippen LogP contribution in [0.25, 0.3) is 5.69 Å². The number of hydrogen-bond acceptors (Lipinski definition) is 9. The van der Waals surface area contributed by atoms with Crippen LogP contribution in [0.5, 0.6) is 0 Å². The number of thiazole rings is 1. The Kier molecular flexibility index (Phi) is 9.75. The van der Waals surface area contributed by atoms with Crippen molar-refractivity contribution in [3.8, 4) is 5.69 Å². The van der Waals surface area contributed by atoms with Crippen molar-refractivity contribution in [2.24, 2.45) is 4.99 Å². The summed E-state index contributed by atoms with van der Waals surface area (Å²) in [6.45, 7) is 1.31. The third-order valence-corrected chi connectivity index (χ3v) is 7.33. The van der Waals surface area contributed by atoms with E-state index in [9.17, 15) is 26.4 Å². The summed E-state index contributed by atoms with van der Waals surface area (Å²) >= 11 is 7.60. The van der Waals surface area contributed by atoms with Crippen LogP contribution in [0.3, 0.4) is 0 Å². The predicted molar refractivity (Wildman–Crippen MR) is 133 cm³/mol. The van der Waals surface area contributed by atoms with Gasteiger partial charge in [0.05, 0.1) is 36.0 Å². The number of sulfone groups is 1.